The normalized spacial score (nSPS) is 31.8. The maximum atomic E-state index is 12.8. The lowest BCUT2D eigenvalue weighted by Gasteiger charge is -2.56. The number of nitrogens with one attached hydrogen (secondary N) is 2. The Morgan fingerprint density at radius 3 is 2.31 bits per heavy atom. The number of amides is 2. The van der Waals surface area contributed by atoms with Crippen molar-refractivity contribution in [3.63, 3.8) is 0 Å². The van der Waals surface area contributed by atoms with Gasteiger partial charge in [0.25, 0.3) is 11.8 Å². The average molecular weight is 370 g/mol. The number of hydrogen-bond donors (Lipinski definition) is 2. The standard InChI is InChI=1S/C20H22N2O3S/c23-18(15-2-1-5-25-15)21-17-4-3-16(26-17)19(24)22-20-9-12-6-13(10-20)8-14(7-12)11-20/h1-5,12-14H,6-11H2,(H,21,23)(H,22,24). The number of hydrogen-bond acceptors (Lipinski definition) is 4. The number of anilines is 1. The van der Waals surface area contributed by atoms with E-state index in [1.807, 2.05) is 0 Å². The summed E-state index contributed by atoms with van der Waals surface area (Å²) in [5.41, 5.74) is 0.00734. The number of carbonyl (C=O) groups is 2. The van der Waals surface area contributed by atoms with Crippen LogP contribution in [0.2, 0.25) is 0 Å². The van der Waals surface area contributed by atoms with Crippen LogP contribution < -0.4 is 10.6 Å². The molecule has 4 fully saturated rings. The van der Waals surface area contributed by atoms with Crippen molar-refractivity contribution in [1.82, 2.24) is 5.32 Å². The van der Waals surface area contributed by atoms with E-state index in [1.54, 1.807) is 24.3 Å². The Hall–Kier alpha value is -2.08. The summed E-state index contributed by atoms with van der Waals surface area (Å²) >= 11 is 1.31. The van der Waals surface area contributed by atoms with Crippen molar-refractivity contribution in [3.05, 3.63) is 41.2 Å². The van der Waals surface area contributed by atoms with E-state index >= 15 is 0 Å². The molecule has 2 N–H and O–H groups in total. The molecule has 2 heterocycles. The summed E-state index contributed by atoms with van der Waals surface area (Å²) in [6, 6.07) is 6.86. The van der Waals surface area contributed by atoms with E-state index in [-0.39, 0.29) is 23.1 Å². The summed E-state index contributed by atoms with van der Waals surface area (Å²) in [5.74, 6) is 2.35. The lowest BCUT2D eigenvalue weighted by molar-refractivity contribution is -0.0166. The van der Waals surface area contributed by atoms with E-state index in [0.717, 1.165) is 37.0 Å². The molecule has 2 aromatic heterocycles. The lowest BCUT2D eigenvalue weighted by atomic mass is 9.53. The molecule has 0 saturated heterocycles. The molecule has 5 nitrogen and oxygen atoms in total. The van der Waals surface area contributed by atoms with Crippen LogP contribution in [-0.2, 0) is 0 Å². The quantitative estimate of drug-likeness (QED) is 0.843. The molecule has 26 heavy (non-hydrogen) atoms. The lowest BCUT2D eigenvalue weighted by Crippen LogP contribution is -2.59. The zero-order chi connectivity index (χ0) is 17.7. The SMILES string of the molecule is O=C(Nc1ccc(C(=O)NC23CC4CC(CC(C4)C2)C3)s1)c1ccco1. The minimum atomic E-state index is -0.301. The van der Waals surface area contributed by atoms with Gasteiger partial charge < -0.3 is 15.1 Å². The Morgan fingerprint density at radius 2 is 1.69 bits per heavy atom. The first-order chi connectivity index (χ1) is 12.6. The Balaban J connectivity index is 1.27. The van der Waals surface area contributed by atoms with Crippen LogP contribution in [0.25, 0.3) is 0 Å². The van der Waals surface area contributed by atoms with Crippen LogP contribution in [-0.4, -0.2) is 17.4 Å². The van der Waals surface area contributed by atoms with E-state index in [0.29, 0.717) is 9.88 Å². The first-order valence-corrected chi connectivity index (χ1v) is 10.2. The summed E-state index contributed by atoms with van der Waals surface area (Å²) in [6.45, 7) is 0. The van der Waals surface area contributed by atoms with Crippen LogP contribution in [0.5, 0.6) is 0 Å². The maximum Gasteiger partial charge on any atom is 0.291 e. The van der Waals surface area contributed by atoms with E-state index < -0.39 is 0 Å². The number of furan rings is 1. The van der Waals surface area contributed by atoms with Gasteiger partial charge in [-0.2, -0.15) is 0 Å². The molecule has 4 bridgehead atoms. The van der Waals surface area contributed by atoms with Crippen molar-refractivity contribution in [1.29, 1.82) is 0 Å². The van der Waals surface area contributed by atoms with Crippen molar-refractivity contribution < 1.29 is 14.0 Å². The van der Waals surface area contributed by atoms with Crippen LogP contribution in [0, 0.1) is 17.8 Å². The van der Waals surface area contributed by atoms with Crippen LogP contribution in [0.15, 0.2) is 34.9 Å². The summed E-state index contributed by atoms with van der Waals surface area (Å²) < 4.78 is 5.09. The third-order valence-corrected chi connectivity index (χ3v) is 7.23. The van der Waals surface area contributed by atoms with Gasteiger partial charge in [-0.15, -0.1) is 11.3 Å². The Kier molecular flexibility index (Phi) is 3.71. The second kappa shape index (κ2) is 5.98. The van der Waals surface area contributed by atoms with Gasteiger partial charge in [-0.25, -0.2) is 0 Å². The summed E-state index contributed by atoms with van der Waals surface area (Å²) in [6.07, 6.45) is 8.95. The van der Waals surface area contributed by atoms with Gasteiger partial charge in [0.15, 0.2) is 5.76 Å². The van der Waals surface area contributed by atoms with Gasteiger partial charge in [-0.3, -0.25) is 9.59 Å². The molecule has 4 aliphatic rings. The molecule has 6 rings (SSSR count). The molecule has 4 saturated carbocycles. The Bertz CT molecular complexity index is 804. The predicted octanol–water partition coefficient (Wildman–Crippen LogP) is 4.29. The molecule has 2 aromatic rings. The smallest absolute Gasteiger partial charge is 0.291 e. The summed E-state index contributed by atoms with van der Waals surface area (Å²) in [5, 5.41) is 6.81. The molecule has 2 amide bonds. The Labute approximate surface area is 156 Å². The van der Waals surface area contributed by atoms with E-state index in [1.165, 1.54) is 36.9 Å². The van der Waals surface area contributed by atoms with Gasteiger partial charge in [0.05, 0.1) is 16.1 Å². The number of rotatable bonds is 4. The first-order valence-electron chi connectivity index (χ1n) is 9.36. The average Bonchev–Trinajstić information content (AvgIpc) is 3.24. The fourth-order valence-corrected chi connectivity index (χ4v) is 6.47. The zero-order valence-electron chi connectivity index (χ0n) is 14.5. The van der Waals surface area contributed by atoms with Crippen LogP contribution in [0.4, 0.5) is 5.00 Å². The van der Waals surface area contributed by atoms with Gasteiger partial charge in [0.1, 0.15) is 0 Å². The van der Waals surface area contributed by atoms with Crippen molar-refractivity contribution >= 4 is 28.2 Å². The minimum Gasteiger partial charge on any atom is -0.459 e. The minimum absolute atomic E-state index is 0.00422. The monoisotopic (exact) mass is 370 g/mol. The molecule has 6 heteroatoms. The van der Waals surface area contributed by atoms with Gasteiger partial charge in [0, 0.05) is 5.54 Å². The predicted molar refractivity (Wildman–Crippen MR) is 99.3 cm³/mol. The van der Waals surface area contributed by atoms with Gasteiger partial charge in [-0.1, -0.05) is 0 Å². The molecule has 0 radical (unpaired) electrons. The van der Waals surface area contributed by atoms with Crippen molar-refractivity contribution in [2.24, 2.45) is 17.8 Å². The number of thiophene rings is 1. The third-order valence-electron chi connectivity index (χ3n) is 6.23. The number of carbonyl (C=O) groups excluding carboxylic acids is 2. The largest absolute Gasteiger partial charge is 0.459 e. The highest BCUT2D eigenvalue weighted by Crippen LogP contribution is 2.55. The van der Waals surface area contributed by atoms with Gasteiger partial charge in [0.2, 0.25) is 0 Å². The molecule has 136 valence electrons. The molecule has 4 aliphatic carbocycles. The topological polar surface area (TPSA) is 71.3 Å². The highest BCUT2D eigenvalue weighted by molar-refractivity contribution is 7.18. The summed E-state index contributed by atoms with van der Waals surface area (Å²) in [7, 11) is 0. The highest BCUT2D eigenvalue weighted by Gasteiger charge is 2.51. The van der Waals surface area contributed by atoms with Crippen molar-refractivity contribution in [2.45, 2.75) is 44.1 Å². The van der Waals surface area contributed by atoms with Crippen molar-refractivity contribution in [3.8, 4) is 0 Å². The second-order valence-electron chi connectivity index (χ2n) is 8.25. The van der Waals surface area contributed by atoms with Gasteiger partial charge >= 0.3 is 0 Å². The zero-order valence-corrected chi connectivity index (χ0v) is 15.3. The van der Waals surface area contributed by atoms with Crippen LogP contribution in [0.3, 0.4) is 0 Å². The van der Waals surface area contributed by atoms with E-state index in [4.69, 9.17) is 4.42 Å². The molecule has 0 spiro atoms. The molecule has 0 aromatic carbocycles. The van der Waals surface area contributed by atoms with Crippen LogP contribution in [0.1, 0.15) is 58.8 Å². The van der Waals surface area contributed by atoms with Crippen LogP contribution >= 0.6 is 11.3 Å². The molecule has 0 atom stereocenters. The second-order valence-corrected chi connectivity index (χ2v) is 9.33. The molecular formula is C20H22N2O3S. The summed E-state index contributed by atoms with van der Waals surface area (Å²) in [4.78, 5) is 25.5. The first kappa shape index (κ1) is 16.1. The molecular weight excluding hydrogens is 348 g/mol. The highest BCUT2D eigenvalue weighted by atomic mass is 32.1. The van der Waals surface area contributed by atoms with Gasteiger partial charge in [-0.05, 0) is 80.5 Å². The van der Waals surface area contributed by atoms with Crippen molar-refractivity contribution in [2.75, 3.05) is 5.32 Å². The Morgan fingerprint density at radius 1 is 1.00 bits per heavy atom. The molecule has 0 aliphatic heterocycles. The maximum absolute atomic E-state index is 12.8. The van der Waals surface area contributed by atoms with E-state index in [2.05, 4.69) is 10.6 Å². The fourth-order valence-electron chi connectivity index (χ4n) is 5.67. The molecule has 0 unspecified atom stereocenters. The third kappa shape index (κ3) is 2.86. The fraction of sp³-hybridized carbons (Fsp3) is 0.500. The van der Waals surface area contributed by atoms with E-state index in [9.17, 15) is 9.59 Å².